The average molecular weight is 255 g/mol. The Morgan fingerprint density at radius 2 is 2.17 bits per heavy atom. The number of rotatable bonds is 4. The van der Waals surface area contributed by atoms with Gasteiger partial charge in [-0.15, -0.1) is 0 Å². The van der Waals surface area contributed by atoms with Gasteiger partial charge in [0.25, 0.3) is 0 Å². The van der Waals surface area contributed by atoms with Crippen molar-refractivity contribution in [2.24, 2.45) is 5.41 Å². The van der Waals surface area contributed by atoms with Gasteiger partial charge in [0.2, 0.25) is 0 Å². The Labute approximate surface area is 107 Å². The van der Waals surface area contributed by atoms with E-state index in [1.807, 2.05) is 7.05 Å². The maximum atomic E-state index is 11.7. The quantitative estimate of drug-likeness (QED) is 0.672. The molecule has 1 saturated heterocycles. The maximum Gasteiger partial charge on any atom is 0.315 e. The average Bonchev–Trinajstić information content (AvgIpc) is 2.61. The van der Waals surface area contributed by atoms with E-state index in [2.05, 4.69) is 15.5 Å². The van der Waals surface area contributed by atoms with Crippen molar-refractivity contribution in [1.82, 2.24) is 15.5 Å². The summed E-state index contributed by atoms with van der Waals surface area (Å²) in [5.41, 5.74) is -0.718. The molecule has 1 unspecified atom stereocenters. The SMILES string of the molecule is CN1CCC(NC(=O)NCC2(C(=O)O)CCC2)C1. The van der Waals surface area contributed by atoms with Gasteiger partial charge in [0, 0.05) is 19.1 Å². The van der Waals surface area contributed by atoms with Gasteiger partial charge in [-0.2, -0.15) is 0 Å². The number of nitrogens with zero attached hydrogens (tertiary/aromatic N) is 1. The molecule has 0 bridgehead atoms. The largest absolute Gasteiger partial charge is 0.481 e. The summed E-state index contributed by atoms with van der Waals surface area (Å²) in [6.07, 6.45) is 3.21. The van der Waals surface area contributed by atoms with Gasteiger partial charge in [0.15, 0.2) is 0 Å². The monoisotopic (exact) mass is 255 g/mol. The molecule has 2 rings (SSSR count). The zero-order valence-electron chi connectivity index (χ0n) is 10.7. The molecule has 1 aliphatic carbocycles. The van der Waals surface area contributed by atoms with Crippen LogP contribution in [0.2, 0.25) is 0 Å². The predicted molar refractivity (Wildman–Crippen MR) is 66.4 cm³/mol. The van der Waals surface area contributed by atoms with Crippen LogP contribution in [0.5, 0.6) is 0 Å². The fourth-order valence-corrected chi connectivity index (χ4v) is 2.61. The second-order valence-corrected chi connectivity index (χ2v) is 5.51. The summed E-state index contributed by atoms with van der Waals surface area (Å²) < 4.78 is 0. The normalized spacial score (nSPS) is 26.4. The van der Waals surface area contributed by atoms with E-state index in [9.17, 15) is 9.59 Å². The van der Waals surface area contributed by atoms with Crippen LogP contribution in [-0.4, -0.2) is 54.7 Å². The summed E-state index contributed by atoms with van der Waals surface area (Å²) >= 11 is 0. The zero-order chi connectivity index (χ0) is 13.2. The molecular formula is C12H21N3O3. The second-order valence-electron chi connectivity index (χ2n) is 5.51. The number of carbonyl (C=O) groups is 2. The number of amides is 2. The molecule has 3 N–H and O–H groups in total. The minimum absolute atomic E-state index is 0.178. The highest BCUT2D eigenvalue weighted by Gasteiger charge is 2.44. The molecule has 0 radical (unpaired) electrons. The van der Waals surface area contributed by atoms with Gasteiger partial charge in [0.05, 0.1) is 5.41 Å². The molecule has 1 saturated carbocycles. The van der Waals surface area contributed by atoms with Gasteiger partial charge in [-0.1, -0.05) is 6.42 Å². The van der Waals surface area contributed by atoms with E-state index in [0.29, 0.717) is 12.8 Å². The predicted octanol–water partition coefficient (Wildman–Crippen LogP) is 0.245. The van der Waals surface area contributed by atoms with Crippen molar-refractivity contribution in [3.05, 3.63) is 0 Å². The lowest BCUT2D eigenvalue weighted by Gasteiger charge is -2.37. The van der Waals surface area contributed by atoms with Crippen LogP contribution < -0.4 is 10.6 Å². The van der Waals surface area contributed by atoms with E-state index < -0.39 is 11.4 Å². The third-order valence-electron chi connectivity index (χ3n) is 4.08. The first-order chi connectivity index (χ1) is 8.52. The van der Waals surface area contributed by atoms with Crippen molar-refractivity contribution in [1.29, 1.82) is 0 Å². The molecule has 2 amide bonds. The standard InChI is InChI=1S/C12H21N3O3/c1-15-6-3-9(7-15)14-11(18)13-8-12(10(16)17)4-2-5-12/h9H,2-8H2,1H3,(H,16,17)(H2,13,14,18). The van der Waals surface area contributed by atoms with Gasteiger partial charge >= 0.3 is 12.0 Å². The van der Waals surface area contributed by atoms with E-state index in [0.717, 1.165) is 25.9 Å². The van der Waals surface area contributed by atoms with Gasteiger partial charge in [-0.25, -0.2) is 4.79 Å². The number of carbonyl (C=O) groups excluding carboxylic acids is 1. The third kappa shape index (κ3) is 2.75. The molecule has 6 heteroatoms. The van der Waals surface area contributed by atoms with E-state index >= 15 is 0 Å². The summed E-state index contributed by atoms with van der Waals surface area (Å²) in [6, 6.07) is -0.0695. The van der Waals surface area contributed by atoms with Crippen molar-refractivity contribution < 1.29 is 14.7 Å². The molecule has 102 valence electrons. The Morgan fingerprint density at radius 1 is 1.44 bits per heavy atom. The molecule has 0 aromatic heterocycles. The molecule has 6 nitrogen and oxygen atoms in total. The molecule has 0 aromatic rings. The molecule has 2 fully saturated rings. The number of carboxylic acid groups (broad SMARTS) is 1. The summed E-state index contributed by atoms with van der Waals surface area (Å²) in [4.78, 5) is 25.0. The second kappa shape index (κ2) is 5.14. The van der Waals surface area contributed by atoms with E-state index in [1.54, 1.807) is 0 Å². The summed E-state index contributed by atoms with van der Waals surface area (Å²) in [5.74, 6) is -0.797. The highest BCUT2D eigenvalue weighted by Crippen LogP contribution is 2.40. The number of urea groups is 1. The Kier molecular flexibility index (Phi) is 3.75. The molecule has 1 heterocycles. The number of hydrogen-bond acceptors (Lipinski definition) is 3. The van der Waals surface area contributed by atoms with Crippen LogP contribution in [0.1, 0.15) is 25.7 Å². The molecule has 0 spiro atoms. The molecule has 0 aromatic carbocycles. The third-order valence-corrected chi connectivity index (χ3v) is 4.08. The van der Waals surface area contributed by atoms with Gasteiger partial charge < -0.3 is 20.6 Å². The first-order valence-electron chi connectivity index (χ1n) is 6.48. The molecule has 1 aliphatic heterocycles. The Balaban J connectivity index is 1.73. The lowest BCUT2D eigenvalue weighted by Crippen LogP contribution is -2.51. The fourth-order valence-electron chi connectivity index (χ4n) is 2.61. The van der Waals surface area contributed by atoms with Crippen molar-refractivity contribution in [2.45, 2.75) is 31.7 Å². The summed E-state index contributed by atoms with van der Waals surface area (Å²) in [7, 11) is 2.02. The molecular weight excluding hydrogens is 234 g/mol. The van der Waals surface area contributed by atoms with Crippen LogP contribution in [0.3, 0.4) is 0 Å². The number of aliphatic carboxylic acids is 1. The van der Waals surface area contributed by atoms with Crippen LogP contribution >= 0.6 is 0 Å². The number of carboxylic acids is 1. The minimum atomic E-state index is -0.797. The Hall–Kier alpha value is -1.30. The summed E-state index contributed by atoms with van der Waals surface area (Å²) in [6.45, 7) is 2.08. The van der Waals surface area contributed by atoms with E-state index in [-0.39, 0.29) is 18.6 Å². The van der Waals surface area contributed by atoms with Crippen LogP contribution in [0.25, 0.3) is 0 Å². The van der Waals surface area contributed by atoms with E-state index in [1.165, 1.54) is 0 Å². The fraction of sp³-hybridized carbons (Fsp3) is 0.833. The van der Waals surface area contributed by atoms with Crippen LogP contribution in [-0.2, 0) is 4.79 Å². The lowest BCUT2D eigenvalue weighted by molar-refractivity contribution is -0.153. The zero-order valence-corrected chi connectivity index (χ0v) is 10.7. The number of nitrogens with one attached hydrogen (secondary N) is 2. The number of likely N-dealkylation sites (tertiary alicyclic amines) is 1. The first-order valence-corrected chi connectivity index (χ1v) is 6.48. The number of hydrogen-bond donors (Lipinski definition) is 3. The van der Waals surface area contributed by atoms with Crippen molar-refractivity contribution in [3.8, 4) is 0 Å². The maximum absolute atomic E-state index is 11.7. The topological polar surface area (TPSA) is 81.7 Å². The van der Waals surface area contributed by atoms with Crippen LogP contribution in [0.15, 0.2) is 0 Å². The molecule has 18 heavy (non-hydrogen) atoms. The molecule has 1 atom stereocenters. The van der Waals surface area contributed by atoms with Crippen LogP contribution in [0.4, 0.5) is 4.79 Å². The van der Waals surface area contributed by atoms with E-state index in [4.69, 9.17) is 5.11 Å². The van der Waals surface area contributed by atoms with Gasteiger partial charge in [-0.3, -0.25) is 4.79 Å². The van der Waals surface area contributed by atoms with Crippen LogP contribution in [0, 0.1) is 5.41 Å². The number of likely N-dealkylation sites (N-methyl/N-ethyl adjacent to an activating group) is 1. The highest BCUT2D eigenvalue weighted by molar-refractivity contribution is 5.79. The Bertz CT molecular complexity index is 341. The summed E-state index contributed by atoms with van der Waals surface area (Å²) in [5, 5.41) is 14.7. The highest BCUT2D eigenvalue weighted by atomic mass is 16.4. The smallest absolute Gasteiger partial charge is 0.315 e. The van der Waals surface area contributed by atoms with Gasteiger partial charge in [-0.05, 0) is 32.9 Å². The van der Waals surface area contributed by atoms with Crippen molar-refractivity contribution in [2.75, 3.05) is 26.7 Å². The first kappa shape index (κ1) is 13.1. The van der Waals surface area contributed by atoms with Crippen molar-refractivity contribution >= 4 is 12.0 Å². The van der Waals surface area contributed by atoms with Crippen molar-refractivity contribution in [3.63, 3.8) is 0 Å². The lowest BCUT2D eigenvalue weighted by atomic mass is 9.69. The Morgan fingerprint density at radius 3 is 2.61 bits per heavy atom. The van der Waals surface area contributed by atoms with Gasteiger partial charge in [0.1, 0.15) is 0 Å². The molecule has 2 aliphatic rings. The minimum Gasteiger partial charge on any atom is -0.481 e.